The molecule has 0 spiro atoms. The number of benzene rings is 1. The second-order valence-corrected chi connectivity index (χ2v) is 6.09. The van der Waals surface area contributed by atoms with Crippen molar-refractivity contribution in [2.24, 2.45) is 7.05 Å². The van der Waals surface area contributed by atoms with Crippen molar-refractivity contribution in [2.45, 2.75) is 13.0 Å². The van der Waals surface area contributed by atoms with Gasteiger partial charge in [-0.25, -0.2) is 0 Å². The molecule has 0 aliphatic rings. The number of aromatic nitrogens is 4. The number of rotatable bonds is 3. The predicted octanol–water partition coefficient (Wildman–Crippen LogP) is 2.54. The first kappa shape index (κ1) is 15.4. The van der Waals surface area contributed by atoms with E-state index in [1.807, 2.05) is 55.8 Å². The highest BCUT2D eigenvalue weighted by molar-refractivity contribution is 5.80. The van der Waals surface area contributed by atoms with Crippen LogP contribution < -0.4 is 5.56 Å². The average Bonchev–Trinajstić information content (AvgIpc) is 3.21. The predicted molar refractivity (Wildman–Crippen MR) is 95.8 cm³/mol. The van der Waals surface area contributed by atoms with Crippen molar-refractivity contribution in [3.05, 3.63) is 77.2 Å². The maximum Gasteiger partial charge on any atom is 0.280 e. The van der Waals surface area contributed by atoms with Gasteiger partial charge < -0.3 is 9.51 Å². The number of hydrogen-bond acceptors (Lipinski definition) is 3. The Labute approximate surface area is 144 Å². The van der Waals surface area contributed by atoms with Crippen molar-refractivity contribution in [2.75, 3.05) is 0 Å². The van der Waals surface area contributed by atoms with Crippen molar-refractivity contribution < 1.29 is 5.11 Å². The standard InChI is InChI=1S/C19H18N4O2/c1-13(24)17-12-22-9-8-16(14-10-20-21(2)11-14)18(22)19(25)23(17)15-6-4-3-5-7-15/h3-13,24H,1-2H3. The molecule has 0 fully saturated rings. The molecule has 0 aliphatic heterocycles. The Morgan fingerprint density at radius 1 is 1.12 bits per heavy atom. The lowest BCUT2D eigenvalue weighted by molar-refractivity contribution is 0.190. The van der Waals surface area contributed by atoms with E-state index in [1.165, 1.54) is 0 Å². The summed E-state index contributed by atoms with van der Waals surface area (Å²) >= 11 is 0. The summed E-state index contributed by atoms with van der Waals surface area (Å²) in [5.41, 5.74) is 3.35. The quantitative estimate of drug-likeness (QED) is 0.626. The van der Waals surface area contributed by atoms with E-state index in [1.54, 1.807) is 33.0 Å². The largest absolute Gasteiger partial charge is 0.387 e. The first-order valence-corrected chi connectivity index (χ1v) is 8.05. The van der Waals surface area contributed by atoms with Crippen molar-refractivity contribution in [3.8, 4) is 16.8 Å². The summed E-state index contributed by atoms with van der Waals surface area (Å²) < 4.78 is 5.05. The number of hydrogen-bond donors (Lipinski definition) is 1. The Bertz CT molecular complexity index is 1100. The summed E-state index contributed by atoms with van der Waals surface area (Å²) in [4.78, 5) is 13.3. The van der Waals surface area contributed by atoms with Crippen LogP contribution in [0.1, 0.15) is 18.7 Å². The third-order valence-corrected chi connectivity index (χ3v) is 4.31. The molecule has 6 nitrogen and oxygen atoms in total. The van der Waals surface area contributed by atoms with E-state index in [0.717, 1.165) is 16.8 Å². The molecule has 1 N–H and O–H groups in total. The number of aryl methyl sites for hydroxylation is 1. The number of para-hydroxylation sites is 1. The lowest BCUT2D eigenvalue weighted by Gasteiger charge is -2.16. The smallest absolute Gasteiger partial charge is 0.280 e. The van der Waals surface area contributed by atoms with Crippen LogP contribution in [-0.2, 0) is 7.05 Å². The Hall–Kier alpha value is -3.12. The van der Waals surface area contributed by atoms with Gasteiger partial charge in [0.05, 0.1) is 18.0 Å². The summed E-state index contributed by atoms with van der Waals surface area (Å²) in [6.07, 6.45) is 6.48. The Kier molecular flexibility index (Phi) is 3.54. The monoisotopic (exact) mass is 334 g/mol. The number of aliphatic hydroxyl groups excluding tert-OH is 1. The van der Waals surface area contributed by atoms with Gasteiger partial charge in [-0.2, -0.15) is 5.10 Å². The molecule has 3 aromatic heterocycles. The molecule has 126 valence electrons. The number of aliphatic hydroxyl groups is 1. The van der Waals surface area contributed by atoms with Gasteiger partial charge in [-0.3, -0.25) is 14.0 Å². The van der Waals surface area contributed by atoms with Crippen LogP contribution in [-0.4, -0.2) is 23.9 Å². The Morgan fingerprint density at radius 3 is 2.52 bits per heavy atom. The minimum absolute atomic E-state index is 0.173. The van der Waals surface area contributed by atoms with E-state index in [2.05, 4.69) is 5.10 Å². The highest BCUT2D eigenvalue weighted by Gasteiger charge is 2.18. The molecule has 4 rings (SSSR count). The van der Waals surface area contributed by atoms with Crippen LogP contribution in [0.2, 0.25) is 0 Å². The average molecular weight is 334 g/mol. The lowest BCUT2D eigenvalue weighted by Crippen LogP contribution is -2.25. The van der Waals surface area contributed by atoms with Crippen molar-refractivity contribution in [3.63, 3.8) is 0 Å². The third kappa shape index (κ3) is 2.47. The molecular weight excluding hydrogens is 316 g/mol. The van der Waals surface area contributed by atoms with E-state index >= 15 is 0 Å². The van der Waals surface area contributed by atoms with Crippen LogP contribution in [0.5, 0.6) is 0 Å². The second-order valence-electron chi connectivity index (χ2n) is 6.09. The van der Waals surface area contributed by atoms with E-state index in [4.69, 9.17) is 0 Å². The van der Waals surface area contributed by atoms with E-state index < -0.39 is 6.10 Å². The molecule has 0 aliphatic carbocycles. The molecule has 4 aromatic rings. The number of fused-ring (bicyclic) bond motifs is 1. The second kappa shape index (κ2) is 5.75. The maximum absolute atomic E-state index is 13.3. The summed E-state index contributed by atoms with van der Waals surface area (Å²) in [7, 11) is 1.84. The molecule has 0 radical (unpaired) electrons. The molecule has 1 aromatic carbocycles. The number of nitrogens with zero attached hydrogens (tertiary/aromatic N) is 4. The zero-order chi connectivity index (χ0) is 17.6. The van der Waals surface area contributed by atoms with Gasteiger partial charge in [-0.05, 0) is 25.1 Å². The zero-order valence-electron chi connectivity index (χ0n) is 14.0. The van der Waals surface area contributed by atoms with Gasteiger partial charge in [0.2, 0.25) is 0 Å². The maximum atomic E-state index is 13.3. The molecule has 0 saturated heterocycles. The van der Waals surface area contributed by atoms with Crippen molar-refractivity contribution in [1.29, 1.82) is 0 Å². The Morgan fingerprint density at radius 2 is 1.88 bits per heavy atom. The van der Waals surface area contributed by atoms with Crippen molar-refractivity contribution >= 4 is 5.52 Å². The van der Waals surface area contributed by atoms with E-state index in [-0.39, 0.29) is 5.56 Å². The summed E-state index contributed by atoms with van der Waals surface area (Å²) in [6.45, 7) is 1.66. The molecule has 0 bridgehead atoms. The van der Waals surface area contributed by atoms with Crippen LogP contribution in [0.3, 0.4) is 0 Å². The minimum atomic E-state index is -0.776. The van der Waals surface area contributed by atoms with E-state index in [9.17, 15) is 9.90 Å². The van der Waals surface area contributed by atoms with Crippen LogP contribution in [0, 0.1) is 0 Å². The minimum Gasteiger partial charge on any atom is -0.387 e. The Balaban J connectivity index is 2.08. The van der Waals surface area contributed by atoms with Crippen molar-refractivity contribution in [1.82, 2.24) is 18.7 Å². The lowest BCUT2D eigenvalue weighted by atomic mass is 10.1. The first-order valence-electron chi connectivity index (χ1n) is 8.05. The normalized spacial score (nSPS) is 12.6. The fourth-order valence-corrected chi connectivity index (χ4v) is 3.14. The van der Waals surface area contributed by atoms with Gasteiger partial charge in [0, 0.05) is 42.5 Å². The molecule has 25 heavy (non-hydrogen) atoms. The van der Waals surface area contributed by atoms with Gasteiger partial charge >= 0.3 is 0 Å². The van der Waals surface area contributed by atoms with Crippen LogP contribution in [0.15, 0.2) is 66.0 Å². The van der Waals surface area contributed by atoms with Gasteiger partial charge in [-0.15, -0.1) is 0 Å². The van der Waals surface area contributed by atoms with Gasteiger partial charge in [0.15, 0.2) is 0 Å². The van der Waals surface area contributed by atoms with Crippen LogP contribution in [0.25, 0.3) is 22.3 Å². The van der Waals surface area contributed by atoms with Crippen LogP contribution >= 0.6 is 0 Å². The molecule has 3 heterocycles. The highest BCUT2D eigenvalue weighted by atomic mass is 16.3. The summed E-state index contributed by atoms with van der Waals surface area (Å²) in [5.74, 6) is 0. The topological polar surface area (TPSA) is 64.5 Å². The van der Waals surface area contributed by atoms with Gasteiger partial charge in [0.1, 0.15) is 5.52 Å². The molecular formula is C19H18N4O2. The molecule has 1 unspecified atom stereocenters. The highest BCUT2D eigenvalue weighted by Crippen LogP contribution is 2.25. The fraction of sp³-hybridized carbons (Fsp3) is 0.158. The molecule has 6 heteroatoms. The molecule has 0 amide bonds. The summed E-state index contributed by atoms with van der Waals surface area (Å²) in [5, 5.41) is 14.4. The third-order valence-electron chi connectivity index (χ3n) is 4.31. The molecule has 1 atom stereocenters. The van der Waals surface area contributed by atoms with E-state index in [0.29, 0.717) is 11.2 Å². The zero-order valence-corrected chi connectivity index (χ0v) is 14.0. The molecule has 0 saturated carbocycles. The SMILES string of the molecule is CC(O)c1cn2ccc(-c3cnn(C)c3)c2c(=O)n1-c1ccccc1. The summed E-state index contributed by atoms with van der Waals surface area (Å²) in [6, 6.07) is 11.3. The van der Waals surface area contributed by atoms with Gasteiger partial charge in [-0.1, -0.05) is 18.2 Å². The fourth-order valence-electron chi connectivity index (χ4n) is 3.14. The first-order chi connectivity index (χ1) is 12.1. The van der Waals surface area contributed by atoms with Crippen LogP contribution in [0.4, 0.5) is 0 Å². The van der Waals surface area contributed by atoms with Gasteiger partial charge in [0.25, 0.3) is 5.56 Å².